The minimum absolute atomic E-state index is 0.0125. The van der Waals surface area contributed by atoms with E-state index in [1.165, 1.54) is 0 Å². The van der Waals surface area contributed by atoms with Crippen LogP contribution in [0.4, 0.5) is 0 Å². The molecule has 0 radical (unpaired) electrons. The van der Waals surface area contributed by atoms with E-state index in [2.05, 4.69) is 48.2 Å². The highest BCUT2D eigenvalue weighted by Crippen LogP contribution is 2.52. The molecule has 1 fully saturated rings. The molecule has 1 aromatic heterocycles. The van der Waals surface area contributed by atoms with Gasteiger partial charge in [-0.1, -0.05) is 41.5 Å². The lowest BCUT2D eigenvalue weighted by molar-refractivity contribution is -0.0664. The van der Waals surface area contributed by atoms with Crippen LogP contribution in [-0.2, 0) is 0 Å². The third kappa shape index (κ3) is 2.12. The third-order valence-corrected chi connectivity index (χ3v) is 4.62. The van der Waals surface area contributed by atoms with Gasteiger partial charge in [-0.05, 0) is 0 Å². The first-order chi connectivity index (χ1) is 9.08. The molecule has 1 heterocycles. The van der Waals surface area contributed by atoms with Gasteiger partial charge in [0.15, 0.2) is 0 Å². The van der Waals surface area contributed by atoms with Gasteiger partial charge >= 0.3 is 0 Å². The zero-order chi connectivity index (χ0) is 15.3. The van der Waals surface area contributed by atoms with Gasteiger partial charge in [0.05, 0.1) is 0 Å². The number of carbonyl (C=O) groups excluding carboxylic acids is 1. The lowest BCUT2D eigenvalue weighted by Gasteiger charge is -2.62. The zero-order valence-electron chi connectivity index (χ0n) is 13.1. The van der Waals surface area contributed by atoms with Gasteiger partial charge in [-0.2, -0.15) is 0 Å². The normalized spacial score (nSPS) is 27.2. The average molecular weight is 279 g/mol. The first-order valence-corrected chi connectivity index (χ1v) is 7.07. The van der Waals surface area contributed by atoms with Crippen molar-refractivity contribution in [3.63, 3.8) is 0 Å². The highest BCUT2D eigenvalue weighted by Gasteiger charge is 2.60. The van der Waals surface area contributed by atoms with E-state index < -0.39 is 0 Å². The van der Waals surface area contributed by atoms with Crippen LogP contribution in [0.5, 0.6) is 0 Å². The Hall–Kier alpha value is -1.43. The molecule has 0 atom stereocenters. The van der Waals surface area contributed by atoms with Gasteiger partial charge in [-0.25, -0.2) is 4.98 Å². The van der Waals surface area contributed by atoms with E-state index in [0.29, 0.717) is 0 Å². The van der Waals surface area contributed by atoms with Crippen molar-refractivity contribution < 1.29 is 4.79 Å². The Kier molecular flexibility index (Phi) is 3.40. The number of rotatable bonds is 3. The molecule has 1 aliphatic carbocycles. The van der Waals surface area contributed by atoms with Crippen molar-refractivity contribution in [3.8, 4) is 0 Å². The van der Waals surface area contributed by atoms with Crippen molar-refractivity contribution in [2.24, 2.45) is 16.6 Å². The van der Waals surface area contributed by atoms with Gasteiger partial charge in [-0.15, -0.1) is 5.10 Å². The van der Waals surface area contributed by atoms with Crippen molar-refractivity contribution in [2.45, 2.75) is 59.5 Å². The van der Waals surface area contributed by atoms with Crippen molar-refractivity contribution in [3.05, 3.63) is 11.6 Å². The summed E-state index contributed by atoms with van der Waals surface area (Å²) in [6.07, 6.45) is 0. The molecule has 1 aromatic rings. The van der Waals surface area contributed by atoms with Crippen molar-refractivity contribution in [1.29, 1.82) is 0 Å². The molecular formula is C14H25N5O. The third-order valence-electron chi connectivity index (χ3n) is 4.62. The van der Waals surface area contributed by atoms with Gasteiger partial charge in [-0.3, -0.25) is 9.89 Å². The Morgan fingerprint density at radius 2 is 1.85 bits per heavy atom. The fraction of sp³-hybridized carbons (Fsp3) is 0.786. The van der Waals surface area contributed by atoms with E-state index in [1.807, 2.05) is 13.8 Å². The van der Waals surface area contributed by atoms with E-state index in [4.69, 9.17) is 5.73 Å². The number of nitrogens with two attached hydrogens (primary N) is 1. The predicted molar refractivity (Wildman–Crippen MR) is 77.3 cm³/mol. The van der Waals surface area contributed by atoms with Crippen LogP contribution in [0.25, 0.3) is 0 Å². The average Bonchev–Trinajstić information content (AvgIpc) is 2.84. The van der Waals surface area contributed by atoms with Crippen LogP contribution in [-0.4, -0.2) is 33.2 Å². The Labute approximate surface area is 119 Å². The molecule has 0 aliphatic heterocycles. The largest absolute Gasteiger partial charge is 0.345 e. The first kappa shape index (κ1) is 15.0. The summed E-state index contributed by atoms with van der Waals surface area (Å²) in [7, 11) is 0. The van der Waals surface area contributed by atoms with Crippen LogP contribution < -0.4 is 11.1 Å². The van der Waals surface area contributed by atoms with E-state index in [9.17, 15) is 4.79 Å². The molecule has 1 saturated carbocycles. The first-order valence-electron chi connectivity index (χ1n) is 7.07. The molecule has 0 aromatic carbocycles. The number of H-pyrrole nitrogens is 1. The topological polar surface area (TPSA) is 96.7 Å². The summed E-state index contributed by atoms with van der Waals surface area (Å²) in [6.45, 7) is 12.3. The van der Waals surface area contributed by atoms with Crippen LogP contribution in [0, 0.1) is 10.8 Å². The fourth-order valence-corrected chi connectivity index (χ4v) is 3.38. The van der Waals surface area contributed by atoms with Crippen LogP contribution in [0.2, 0.25) is 0 Å². The highest BCUT2D eigenvalue weighted by atomic mass is 16.2. The second kappa shape index (κ2) is 4.55. The maximum absolute atomic E-state index is 12.3. The van der Waals surface area contributed by atoms with Gasteiger partial charge in [0, 0.05) is 28.8 Å². The summed E-state index contributed by atoms with van der Waals surface area (Å²) in [4.78, 5) is 16.5. The molecule has 6 nitrogen and oxygen atoms in total. The van der Waals surface area contributed by atoms with Crippen LogP contribution in [0.3, 0.4) is 0 Å². The number of aromatic amines is 1. The summed E-state index contributed by atoms with van der Waals surface area (Å²) in [5.41, 5.74) is 5.94. The number of hydrogen-bond acceptors (Lipinski definition) is 4. The quantitative estimate of drug-likeness (QED) is 0.779. The number of aromatic nitrogens is 3. The molecule has 0 bridgehead atoms. The standard InChI is InChI=1S/C14H25N5O/c1-7(2)8-16-9(19-18-8)10(20)17-12-13(3,4)11(15)14(12,5)6/h7,11-12H,15H2,1-6H3,(H,17,20)(H,16,18,19). The van der Waals surface area contributed by atoms with Gasteiger partial charge in [0.1, 0.15) is 5.82 Å². The number of amides is 1. The smallest absolute Gasteiger partial charge is 0.291 e. The summed E-state index contributed by atoms with van der Waals surface area (Å²) in [5, 5.41) is 9.81. The minimum atomic E-state index is -0.244. The Bertz CT molecular complexity index is 501. The van der Waals surface area contributed by atoms with E-state index in [-0.39, 0.29) is 40.6 Å². The second-order valence-corrected chi connectivity index (χ2v) is 7.23. The maximum Gasteiger partial charge on any atom is 0.291 e. The predicted octanol–water partition coefficient (Wildman–Crippen LogP) is 1.42. The Morgan fingerprint density at radius 1 is 1.30 bits per heavy atom. The summed E-state index contributed by atoms with van der Waals surface area (Å²) in [5.74, 6) is 0.889. The molecule has 6 heteroatoms. The van der Waals surface area contributed by atoms with Crippen molar-refractivity contribution in [1.82, 2.24) is 20.5 Å². The number of carbonyl (C=O) groups is 1. The lowest BCUT2D eigenvalue weighted by Crippen LogP contribution is -2.76. The molecule has 1 aliphatic rings. The van der Waals surface area contributed by atoms with Gasteiger partial charge < -0.3 is 11.1 Å². The fourth-order valence-electron chi connectivity index (χ4n) is 3.38. The van der Waals surface area contributed by atoms with Crippen LogP contribution >= 0.6 is 0 Å². The van der Waals surface area contributed by atoms with E-state index in [0.717, 1.165) is 5.82 Å². The van der Waals surface area contributed by atoms with E-state index >= 15 is 0 Å². The van der Waals surface area contributed by atoms with E-state index in [1.54, 1.807) is 0 Å². The molecule has 2 rings (SSSR count). The van der Waals surface area contributed by atoms with Crippen molar-refractivity contribution in [2.75, 3.05) is 0 Å². The number of nitrogens with one attached hydrogen (secondary N) is 2. The molecule has 0 saturated heterocycles. The van der Waals surface area contributed by atoms with Gasteiger partial charge in [0.2, 0.25) is 5.82 Å². The molecular weight excluding hydrogens is 254 g/mol. The highest BCUT2D eigenvalue weighted by molar-refractivity contribution is 5.90. The zero-order valence-corrected chi connectivity index (χ0v) is 13.1. The molecule has 20 heavy (non-hydrogen) atoms. The second-order valence-electron chi connectivity index (χ2n) is 7.23. The van der Waals surface area contributed by atoms with Crippen LogP contribution in [0.1, 0.15) is 63.9 Å². The number of hydrogen-bond donors (Lipinski definition) is 3. The monoisotopic (exact) mass is 279 g/mol. The summed E-state index contributed by atoms with van der Waals surface area (Å²) < 4.78 is 0. The van der Waals surface area contributed by atoms with Crippen molar-refractivity contribution >= 4 is 5.91 Å². The minimum Gasteiger partial charge on any atom is -0.345 e. The lowest BCUT2D eigenvalue weighted by atomic mass is 9.48. The molecule has 4 N–H and O–H groups in total. The SMILES string of the molecule is CC(C)c1nc(C(=O)NC2C(C)(C)C(N)C2(C)C)n[nH]1. The Balaban J connectivity index is 2.12. The molecule has 112 valence electrons. The summed E-state index contributed by atoms with van der Waals surface area (Å²) in [6, 6.07) is 0.0668. The molecule has 1 amide bonds. The Morgan fingerprint density at radius 3 is 2.30 bits per heavy atom. The van der Waals surface area contributed by atoms with Gasteiger partial charge in [0.25, 0.3) is 5.91 Å². The summed E-state index contributed by atoms with van der Waals surface area (Å²) >= 11 is 0. The molecule has 0 unspecified atom stereocenters. The molecule has 0 spiro atoms. The van der Waals surface area contributed by atoms with Crippen LogP contribution in [0.15, 0.2) is 0 Å². The maximum atomic E-state index is 12.3. The number of nitrogens with zero attached hydrogens (tertiary/aromatic N) is 2.